The lowest BCUT2D eigenvalue weighted by Crippen LogP contribution is -2.36. The van der Waals surface area contributed by atoms with E-state index in [1.807, 2.05) is 6.07 Å². The molecule has 2 fully saturated rings. The number of nitrogens with one attached hydrogen (secondary N) is 1. The van der Waals surface area contributed by atoms with Crippen LogP contribution in [0.3, 0.4) is 0 Å². The van der Waals surface area contributed by atoms with E-state index in [9.17, 15) is 4.79 Å². The van der Waals surface area contributed by atoms with Crippen LogP contribution >= 0.6 is 0 Å². The number of carbonyl (C=O) groups excluding carboxylic acids is 1. The first-order chi connectivity index (χ1) is 11.2. The van der Waals surface area contributed by atoms with Crippen molar-refractivity contribution in [3.63, 3.8) is 0 Å². The summed E-state index contributed by atoms with van der Waals surface area (Å²) in [5.74, 6) is 0.246. The molecule has 1 aliphatic heterocycles. The Hall–Kier alpha value is -1.43. The molecule has 2 atom stereocenters. The average Bonchev–Trinajstić information content (AvgIpc) is 3.01. The van der Waals surface area contributed by atoms with Gasteiger partial charge >= 0.3 is 0 Å². The van der Waals surface area contributed by atoms with E-state index in [4.69, 9.17) is 10.5 Å². The highest BCUT2D eigenvalue weighted by atomic mass is 16.5. The number of carbonyl (C=O) groups is 1. The van der Waals surface area contributed by atoms with E-state index >= 15 is 0 Å². The summed E-state index contributed by atoms with van der Waals surface area (Å²) in [6.07, 6.45) is 2.70. The molecule has 1 saturated carbocycles. The molecule has 1 heterocycles. The molecular weight excluding hydrogens is 290 g/mol. The molecular formula is C18H27N3O2. The monoisotopic (exact) mass is 317 g/mol. The first-order valence-corrected chi connectivity index (χ1v) is 8.62. The van der Waals surface area contributed by atoms with Crippen LogP contribution in [0.1, 0.15) is 30.4 Å². The fourth-order valence-corrected chi connectivity index (χ4v) is 3.47. The zero-order chi connectivity index (χ0) is 16.1. The van der Waals surface area contributed by atoms with Gasteiger partial charge in [0.25, 0.3) is 0 Å². The van der Waals surface area contributed by atoms with Gasteiger partial charge in [0.15, 0.2) is 0 Å². The maximum Gasteiger partial charge on any atom is 0.223 e. The Morgan fingerprint density at radius 3 is 2.65 bits per heavy atom. The highest BCUT2D eigenvalue weighted by Gasteiger charge is 2.27. The van der Waals surface area contributed by atoms with E-state index in [0.29, 0.717) is 6.54 Å². The molecule has 0 radical (unpaired) electrons. The molecule has 1 saturated heterocycles. The van der Waals surface area contributed by atoms with Crippen LogP contribution in [-0.4, -0.2) is 43.2 Å². The Kier molecular flexibility index (Phi) is 5.65. The van der Waals surface area contributed by atoms with Crippen LogP contribution in [-0.2, 0) is 22.6 Å². The lowest BCUT2D eigenvalue weighted by atomic mass is 10.0. The molecule has 0 spiro atoms. The van der Waals surface area contributed by atoms with Gasteiger partial charge in [-0.3, -0.25) is 9.69 Å². The van der Waals surface area contributed by atoms with Crippen LogP contribution in [0.15, 0.2) is 24.3 Å². The van der Waals surface area contributed by atoms with Gasteiger partial charge in [-0.1, -0.05) is 24.3 Å². The summed E-state index contributed by atoms with van der Waals surface area (Å²) in [6, 6.07) is 8.56. The van der Waals surface area contributed by atoms with Crippen molar-refractivity contribution in [1.29, 1.82) is 0 Å². The second-order valence-electron chi connectivity index (χ2n) is 6.65. The highest BCUT2D eigenvalue weighted by molar-refractivity contribution is 5.79. The van der Waals surface area contributed by atoms with Crippen molar-refractivity contribution in [2.75, 3.05) is 26.3 Å². The highest BCUT2D eigenvalue weighted by Crippen LogP contribution is 2.24. The normalized spacial score (nSPS) is 25.4. The number of amides is 1. The van der Waals surface area contributed by atoms with Gasteiger partial charge in [-0.15, -0.1) is 0 Å². The number of hydrogen-bond acceptors (Lipinski definition) is 4. The summed E-state index contributed by atoms with van der Waals surface area (Å²) in [5, 5.41) is 3.10. The van der Waals surface area contributed by atoms with Gasteiger partial charge in [0, 0.05) is 38.1 Å². The van der Waals surface area contributed by atoms with E-state index in [-0.39, 0.29) is 17.9 Å². The van der Waals surface area contributed by atoms with Gasteiger partial charge in [0.2, 0.25) is 5.91 Å². The van der Waals surface area contributed by atoms with Crippen molar-refractivity contribution < 1.29 is 9.53 Å². The summed E-state index contributed by atoms with van der Waals surface area (Å²) in [5.41, 5.74) is 8.40. The molecule has 3 rings (SSSR count). The predicted octanol–water partition coefficient (Wildman–Crippen LogP) is 1.26. The zero-order valence-electron chi connectivity index (χ0n) is 13.7. The van der Waals surface area contributed by atoms with E-state index in [2.05, 4.69) is 28.4 Å². The fourth-order valence-electron chi connectivity index (χ4n) is 3.47. The van der Waals surface area contributed by atoms with Crippen molar-refractivity contribution >= 4 is 5.91 Å². The zero-order valence-corrected chi connectivity index (χ0v) is 13.7. The molecule has 3 N–H and O–H groups in total. The summed E-state index contributed by atoms with van der Waals surface area (Å²) < 4.78 is 5.40. The third-order valence-corrected chi connectivity index (χ3v) is 4.91. The molecule has 1 aromatic carbocycles. The molecule has 2 aliphatic rings. The van der Waals surface area contributed by atoms with Crippen molar-refractivity contribution in [3.8, 4) is 0 Å². The van der Waals surface area contributed by atoms with Crippen LogP contribution in [0.5, 0.6) is 0 Å². The lowest BCUT2D eigenvalue weighted by molar-refractivity contribution is -0.125. The molecule has 23 heavy (non-hydrogen) atoms. The van der Waals surface area contributed by atoms with Crippen molar-refractivity contribution in [1.82, 2.24) is 10.2 Å². The number of ether oxygens (including phenoxy) is 1. The summed E-state index contributed by atoms with van der Waals surface area (Å²) in [4.78, 5) is 14.7. The summed E-state index contributed by atoms with van der Waals surface area (Å²) in [6.45, 7) is 5.08. The largest absolute Gasteiger partial charge is 0.379 e. The van der Waals surface area contributed by atoms with Gasteiger partial charge in [-0.25, -0.2) is 0 Å². The molecule has 5 heteroatoms. The van der Waals surface area contributed by atoms with E-state index in [1.54, 1.807) is 0 Å². The van der Waals surface area contributed by atoms with Crippen molar-refractivity contribution in [2.24, 2.45) is 11.7 Å². The SMILES string of the molecule is NC1CCC(C(=O)NCc2ccccc2CN2CCOCC2)C1. The van der Waals surface area contributed by atoms with Crippen LogP contribution in [0, 0.1) is 5.92 Å². The van der Waals surface area contributed by atoms with Crippen LogP contribution in [0.25, 0.3) is 0 Å². The Morgan fingerprint density at radius 2 is 1.96 bits per heavy atom. The van der Waals surface area contributed by atoms with Crippen molar-refractivity contribution in [3.05, 3.63) is 35.4 Å². The molecule has 126 valence electrons. The maximum atomic E-state index is 12.3. The fraction of sp³-hybridized carbons (Fsp3) is 0.611. The molecule has 1 amide bonds. The number of nitrogens with two attached hydrogens (primary N) is 1. The average molecular weight is 317 g/mol. The Bertz CT molecular complexity index is 529. The van der Waals surface area contributed by atoms with Gasteiger partial charge in [0.05, 0.1) is 13.2 Å². The van der Waals surface area contributed by atoms with Gasteiger partial charge in [-0.05, 0) is 30.4 Å². The second kappa shape index (κ2) is 7.90. The van der Waals surface area contributed by atoms with E-state index in [0.717, 1.165) is 52.1 Å². The smallest absolute Gasteiger partial charge is 0.223 e. The predicted molar refractivity (Wildman–Crippen MR) is 89.7 cm³/mol. The first kappa shape index (κ1) is 16.4. The minimum absolute atomic E-state index is 0.0939. The topological polar surface area (TPSA) is 67.6 Å². The van der Waals surface area contributed by atoms with E-state index < -0.39 is 0 Å². The third-order valence-electron chi connectivity index (χ3n) is 4.91. The second-order valence-corrected chi connectivity index (χ2v) is 6.65. The Morgan fingerprint density at radius 1 is 1.22 bits per heavy atom. The molecule has 1 aliphatic carbocycles. The Balaban J connectivity index is 1.56. The molecule has 1 aromatic rings. The molecule has 2 unspecified atom stereocenters. The van der Waals surface area contributed by atoms with Gasteiger partial charge in [-0.2, -0.15) is 0 Å². The van der Waals surface area contributed by atoms with E-state index in [1.165, 1.54) is 11.1 Å². The molecule has 0 bridgehead atoms. The quantitative estimate of drug-likeness (QED) is 0.858. The van der Waals surface area contributed by atoms with Gasteiger partial charge in [0.1, 0.15) is 0 Å². The Labute approximate surface area is 138 Å². The van der Waals surface area contributed by atoms with Crippen LogP contribution in [0.4, 0.5) is 0 Å². The van der Waals surface area contributed by atoms with Crippen LogP contribution < -0.4 is 11.1 Å². The molecule has 5 nitrogen and oxygen atoms in total. The van der Waals surface area contributed by atoms with Crippen LogP contribution in [0.2, 0.25) is 0 Å². The number of benzene rings is 1. The third kappa shape index (κ3) is 4.53. The molecule has 0 aromatic heterocycles. The summed E-state index contributed by atoms with van der Waals surface area (Å²) in [7, 11) is 0. The number of hydrogen-bond donors (Lipinski definition) is 2. The minimum atomic E-state index is 0.0939. The maximum absolute atomic E-state index is 12.3. The lowest BCUT2D eigenvalue weighted by Gasteiger charge is -2.27. The van der Waals surface area contributed by atoms with Crippen molar-refractivity contribution in [2.45, 2.75) is 38.4 Å². The number of nitrogens with zero attached hydrogens (tertiary/aromatic N) is 1. The summed E-state index contributed by atoms with van der Waals surface area (Å²) >= 11 is 0. The first-order valence-electron chi connectivity index (χ1n) is 8.62. The standard InChI is InChI=1S/C18H27N3O2/c19-17-6-5-14(11-17)18(22)20-12-15-3-1-2-4-16(15)13-21-7-9-23-10-8-21/h1-4,14,17H,5-13,19H2,(H,20,22). The number of morpholine rings is 1. The van der Waals surface area contributed by atoms with Gasteiger partial charge < -0.3 is 15.8 Å². The minimum Gasteiger partial charge on any atom is -0.379 e. The number of rotatable bonds is 5.